The molecule has 3 aliphatic rings. The maximum Gasteiger partial charge on any atom is 0.236 e. The van der Waals surface area contributed by atoms with E-state index in [1.807, 2.05) is 0 Å². The monoisotopic (exact) mass is 288 g/mol. The quantitative estimate of drug-likeness (QED) is 0.855. The molecule has 4 heteroatoms. The van der Waals surface area contributed by atoms with Crippen LogP contribution in [0.15, 0.2) is 29.2 Å². The molecule has 106 valence electrons. The minimum atomic E-state index is 0.0987. The fraction of sp³-hybridized carbons (Fsp3) is 0.562. The molecule has 3 aliphatic heterocycles. The number of nitrogens with zero attached hydrogens (tertiary/aromatic N) is 1. The van der Waals surface area contributed by atoms with Crippen molar-refractivity contribution < 1.29 is 4.79 Å². The van der Waals surface area contributed by atoms with E-state index < -0.39 is 0 Å². The van der Waals surface area contributed by atoms with Crippen LogP contribution in [-0.2, 0) is 11.2 Å². The van der Waals surface area contributed by atoms with E-state index in [1.165, 1.54) is 10.5 Å². The van der Waals surface area contributed by atoms with Gasteiger partial charge in [0.15, 0.2) is 0 Å². The number of likely N-dealkylation sites (tertiary alicyclic amines) is 1. The van der Waals surface area contributed by atoms with Gasteiger partial charge in [0.2, 0.25) is 5.91 Å². The number of benzene rings is 1. The maximum absolute atomic E-state index is 12.8. The Hall–Kier alpha value is -1.00. The van der Waals surface area contributed by atoms with Gasteiger partial charge in [0.25, 0.3) is 0 Å². The van der Waals surface area contributed by atoms with E-state index in [9.17, 15) is 4.79 Å². The van der Waals surface area contributed by atoms with E-state index in [1.54, 1.807) is 11.8 Å². The van der Waals surface area contributed by atoms with E-state index in [0.29, 0.717) is 23.8 Å². The van der Waals surface area contributed by atoms with Gasteiger partial charge in [-0.15, -0.1) is 11.8 Å². The van der Waals surface area contributed by atoms with Gasteiger partial charge >= 0.3 is 0 Å². The van der Waals surface area contributed by atoms with Gasteiger partial charge in [0.05, 0.1) is 5.25 Å². The summed E-state index contributed by atoms with van der Waals surface area (Å²) in [5.74, 6) is 1.68. The van der Waals surface area contributed by atoms with Crippen molar-refractivity contribution in [2.24, 2.45) is 11.8 Å². The molecule has 0 saturated carbocycles. The first-order valence-electron chi connectivity index (χ1n) is 7.50. The number of thioether (sulfide) groups is 1. The summed E-state index contributed by atoms with van der Waals surface area (Å²) in [5, 5.41) is 3.55. The van der Waals surface area contributed by atoms with E-state index in [2.05, 4.69) is 41.4 Å². The molecule has 2 fully saturated rings. The van der Waals surface area contributed by atoms with Crippen LogP contribution in [0, 0.1) is 11.8 Å². The molecule has 3 nitrogen and oxygen atoms in total. The van der Waals surface area contributed by atoms with Crippen LogP contribution in [0.1, 0.15) is 12.5 Å². The fourth-order valence-electron chi connectivity index (χ4n) is 3.96. The molecule has 0 aliphatic carbocycles. The Kier molecular flexibility index (Phi) is 3.04. The largest absolute Gasteiger partial charge is 0.338 e. The number of rotatable bonds is 1. The number of hydrogen-bond donors (Lipinski definition) is 1. The van der Waals surface area contributed by atoms with Crippen molar-refractivity contribution in [3.05, 3.63) is 29.8 Å². The zero-order valence-electron chi connectivity index (χ0n) is 11.7. The van der Waals surface area contributed by atoms with Crippen LogP contribution in [0.4, 0.5) is 0 Å². The van der Waals surface area contributed by atoms with Gasteiger partial charge in [-0.1, -0.05) is 18.2 Å². The third kappa shape index (κ3) is 1.89. The second-order valence-corrected chi connectivity index (χ2v) is 7.48. The Morgan fingerprint density at radius 3 is 3.00 bits per heavy atom. The Balaban J connectivity index is 1.50. The molecule has 2 saturated heterocycles. The highest BCUT2D eigenvalue weighted by Gasteiger charge is 2.45. The first-order chi connectivity index (χ1) is 9.74. The van der Waals surface area contributed by atoms with E-state index >= 15 is 0 Å². The van der Waals surface area contributed by atoms with Gasteiger partial charge in [0, 0.05) is 30.6 Å². The highest BCUT2D eigenvalue weighted by Crippen LogP contribution is 2.40. The van der Waals surface area contributed by atoms with E-state index in [0.717, 1.165) is 26.1 Å². The molecule has 1 amide bonds. The molecule has 1 N–H and O–H groups in total. The predicted octanol–water partition coefficient (Wildman–Crippen LogP) is 1.77. The third-order valence-corrected chi connectivity index (χ3v) is 6.45. The summed E-state index contributed by atoms with van der Waals surface area (Å²) in [6, 6.07) is 8.82. The van der Waals surface area contributed by atoms with Crippen LogP contribution in [0.3, 0.4) is 0 Å². The number of carbonyl (C=O) groups is 1. The van der Waals surface area contributed by atoms with Crippen LogP contribution in [-0.4, -0.2) is 41.7 Å². The first kappa shape index (κ1) is 12.7. The van der Waals surface area contributed by atoms with Crippen LogP contribution in [0.25, 0.3) is 0 Å². The van der Waals surface area contributed by atoms with Crippen molar-refractivity contribution in [3.63, 3.8) is 0 Å². The number of carbonyl (C=O) groups excluding carboxylic acids is 1. The standard InChI is InChI=1S/C16H20N2OS/c1-10-13-8-17-7-12(13)9-18(10)16(19)15-6-11-4-2-3-5-14(11)20-15/h2-5,10,12-13,15,17H,6-9H2,1H3. The van der Waals surface area contributed by atoms with Crippen molar-refractivity contribution in [1.82, 2.24) is 10.2 Å². The van der Waals surface area contributed by atoms with Crippen molar-refractivity contribution in [1.29, 1.82) is 0 Å². The summed E-state index contributed by atoms with van der Waals surface area (Å²) >= 11 is 1.75. The lowest BCUT2D eigenvalue weighted by Crippen LogP contribution is -2.42. The number of nitrogens with one attached hydrogen (secondary N) is 1. The van der Waals surface area contributed by atoms with Gasteiger partial charge in [-0.25, -0.2) is 0 Å². The molecular formula is C16H20N2OS. The van der Waals surface area contributed by atoms with Gasteiger partial charge in [-0.3, -0.25) is 4.79 Å². The minimum Gasteiger partial charge on any atom is -0.338 e. The number of amides is 1. The van der Waals surface area contributed by atoms with Crippen LogP contribution in [0.2, 0.25) is 0 Å². The fourth-order valence-corrected chi connectivity index (χ4v) is 5.23. The molecule has 0 spiro atoms. The highest BCUT2D eigenvalue weighted by molar-refractivity contribution is 8.01. The smallest absolute Gasteiger partial charge is 0.236 e. The van der Waals surface area contributed by atoms with Crippen LogP contribution < -0.4 is 5.32 Å². The maximum atomic E-state index is 12.8. The van der Waals surface area contributed by atoms with Gasteiger partial charge in [-0.2, -0.15) is 0 Å². The Morgan fingerprint density at radius 2 is 2.20 bits per heavy atom. The zero-order chi connectivity index (χ0) is 13.7. The average molecular weight is 288 g/mol. The molecule has 0 aromatic heterocycles. The van der Waals surface area contributed by atoms with Crippen LogP contribution in [0.5, 0.6) is 0 Å². The SMILES string of the molecule is CC1C2CNCC2CN1C(=O)C1Cc2ccccc2S1. The molecule has 3 heterocycles. The van der Waals surface area contributed by atoms with Crippen molar-refractivity contribution in [2.45, 2.75) is 29.5 Å². The summed E-state index contributed by atoms with van der Waals surface area (Å²) in [6.07, 6.45) is 0.899. The third-order valence-electron chi connectivity index (χ3n) is 5.14. The Bertz CT molecular complexity index is 522. The lowest BCUT2D eigenvalue weighted by Gasteiger charge is -2.26. The molecule has 1 aromatic carbocycles. The molecular weight excluding hydrogens is 268 g/mol. The van der Waals surface area contributed by atoms with E-state index in [-0.39, 0.29) is 5.25 Å². The Morgan fingerprint density at radius 1 is 1.35 bits per heavy atom. The highest BCUT2D eigenvalue weighted by atomic mass is 32.2. The summed E-state index contributed by atoms with van der Waals surface area (Å²) < 4.78 is 0. The van der Waals surface area contributed by atoms with Crippen LogP contribution >= 0.6 is 11.8 Å². The molecule has 4 rings (SSSR count). The summed E-state index contributed by atoms with van der Waals surface area (Å²) in [7, 11) is 0. The molecule has 4 atom stereocenters. The number of fused-ring (bicyclic) bond motifs is 2. The second-order valence-electron chi connectivity index (χ2n) is 6.23. The van der Waals surface area contributed by atoms with Gasteiger partial charge in [-0.05, 0) is 36.8 Å². The summed E-state index contributed by atoms with van der Waals surface area (Å²) in [5.41, 5.74) is 1.34. The summed E-state index contributed by atoms with van der Waals surface area (Å²) in [6.45, 7) is 5.33. The number of hydrogen-bond acceptors (Lipinski definition) is 3. The first-order valence-corrected chi connectivity index (χ1v) is 8.38. The van der Waals surface area contributed by atoms with Crippen molar-refractivity contribution >= 4 is 17.7 Å². The van der Waals surface area contributed by atoms with Gasteiger partial charge in [0.1, 0.15) is 0 Å². The molecule has 0 bridgehead atoms. The molecule has 1 aromatic rings. The molecule has 20 heavy (non-hydrogen) atoms. The minimum absolute atomic E-state index is 0.0987. The lowest BCUT2D eigenvalue weighted by atomic mass is 9.95. The summed E-state index contributed by atoms with van der Waals surface area (Å²) in [4.78, 5) is 16.3. The topological polar surface area (TPSA) is 32.3 Å². The van der Waals surface area contributed by atoms with Crippen molar-refractivity contribution in [3.8, 4) is 0 Å². The molecule has 0 radical (unpaired) electrons. The predicted molar refractivity (Wildman–Crippen MR) is 80.8 cm³/mol. The molecule has 4 unspecified atom stereocenters. The van der Waals surface area contributed by atoms with E-state index in [4.69, 9.17) is 0 Å². The van der Waals surface area contributed by atoms with Crippen molar-refractivity contribution in [2.75, 3.05) is 19.6 Å². The average Bonchev–Trinajstić information content (AvgIpc) is 3.13. The lowest BCUT2D eigenvalue weighted by molar-refractivity contribution is -0.131. The van der Waals surface area contributed by atoms with Gasteiger partial charge < -0.3 is 10.2 Å². The Labute approximate surface area is 124 Å². The zero-order valence-corrected chi connectivity index (χ0v) is 12.5. The second kappa shape index (κ2) is 4.78. The normalized spacial score (nSPS) is 35.1.